The summed E-state index contributed by atoms with van der Waals surface area (Å²) in [4.78, 5) is 5.37. The molecule has 0 radical (unpaired) electrons. The summed E-state index contributed by atoms with van der Waals surface area (Å²) in [6.07, 6.45) is 3.72. The standard InChI is InChI=1S/C10H11N3S.2ClH/c1-13-7-6-12-10(13)14-9-4-2-8(11)3-5-9;;/h2-7H,11H2,1H3;2*1H. The number of aryl methyl sites for hydroxylation is 1. The highest BCUT2D eigenvalue weighted by Crippen LogP contribution is 2.25. The van der Waals surface area contributed by atoms with Crippen molar-refractivity contribution in [3.63, 3.8) is 0 Å². The first-order valence-electron chi connectivity index (χ1n) is 4.26. The van der Waals surface area contributed by atoms with Crippen molar-refractivity contribution < 1.29 is 0 Å². The number of nitrogens with zero attached hydrogens (tertiary/aromatic N) is 2. The molecule has 0 unspecified atom stereocenters. The smallest absolute Gasteiger partial charge is 0.172 e. The average molecular weight is 278 g/mol. The lowest BCUT2D eigenvalue weighted by molar-refractivity contribution is 0.790. The number of imidazole rings is 1. The minimum Gasteiger partial charge on any atom is -0.399 e. The van der Waals surface area contributed by atoms with Crippen LogP contribution in [-0.2, 0) is 7.05 Å². The number of hydrogen-bond donors (Lipinski definition) is 1. The molecule has 0 saturated carbocycles. The molecule has 2 aromatic rings. The second-order valence-electron chi connectivity index (χ2n) is 2.99. The van der Waals surface area contributed by atoms with E-state index in [0.29, 0.717) is 0 Å². The van der Waals surface area contributed by atoms with Crippen LogP contribution in [0.5, 0.6) is 0 Å². The molecule has 0 aliphatic rings. The predicted octanol–water partition coefficient (Wildman–Crippen LogP) is 3.00. The number of anilines is 1. The molecule has 0 bridgehead atoms. The second kappa shape index (κ2) is 6.68. The van der Waals surface area contributed by atoms with Crippen molar-refractivity contribution in [1.82, 2.24) is 9.55 Å². The summed E-state index contributed by atoms with van der Waals surface area (Å²) < 4.78 is 1.99. The molecule has 0 aliphatic carbocycles. The summed E-state index contributed by atoms with van der Waals surface area (Å²) in [5.74, 6) is 0. The Bertz CT molecular complexity index is 428. The number of nitrogen functional groups attached to an aromatic ring is 1. The Morgan fingerprint density at radius 3 is 2.31 bits per heavy atom. The van der Waals surface area contributed by atoms with Gasteiger partial charge in [-0.3, -0.25) is 0 Å². The molecule has 16 heavy (non-hydrogen) atoms. The lowest BCUT2D eigenvalue weighted by Crippen LogP contribution is -1.88. The number of rotatable bonds is 2. The van der Waals surface area contributed by atoms with Crippen LogP contribution < -0.4 is 5.73 Å². The fraction of sp³-hybridized carbons (Fsp3) is 0.100. The minimum atomic E-state index is 0. The summed E-state index contributed by atoms with van der Waals surface area (Å²) in [6.45, 7) is 0. The van der Waals surface area contributed by atoms with Gasteiger partial charge < -0.3 is 10.3 Å². The molecule has 1 heterocycles. The summed E-state index contributed by atoms with van der Waals surface area (Å²) >= 11 is 1.63. The predicted molar refractivity (Wildman–Crippen MR) is 72.7 cm³/mol. The van der Waals surface area contributed by atoms with Crippen LogP contribution in [-0.4, -0.2) is 9.55 Å². The highest BCUT2D eigenvalue weighted by molar-refractivity contribution is 7.99. The maximum atomic E-state index is 5.60. The normalized spacial score (nSPS) is 9.06. The first kappa shape index (κ1) is 15.2. The highest BCUT2D eigenvalue weighted by atomic mass is 35.5. The third-order valence-corrected chi connectivity index (χ3v) is 2.95. The Morgan fingerprint density at radius 1 is 1.19 bits per heavy atom. The molecule has 2 N–H and O–H groups in total. The third-order valence-electron chi connectivity index (χ3n) is 1.87. The van der Waals surface area contributed by atoms with Gasteiger partial charge in [0.05, 0.1) is 0 Å². The Labute approximate surface area is 111 Å². The molecule has 0 saturated heterocycles. The molecule has 2 rings (SSSR count). The van der Waals surface area contributed by atoms with Gasteiger partial charge in [0.2, 0.25) is 0 Å². The molecule has 0 aliphatic heterocycles. The lowest BCUT2D eigenvalue weighted by Gasteiger charge is -2.01. The number of hydrogen-bond acceptors (Lipinski definition) is 3. The van der Waals surface area contributed by atoms with E-state index in [4.69, 9.17) is 5.73 Å². The zero-order valence-electron chi connectivity index (χ0n) is 8.66. The molecule has 6 heteroatoms. The van der Waals surface area contributed by atoms with E-state index in [2.05, 4.69) is 4.98 Å². The van der Waals surface area contributed by atoms with Gasteiger partial charge in [-0.2, -0.15) is 0 Å². The van der Waals surface area contributed by atoms with Gasteiger partial charge in [0, 0.05) is 30.0 Å². The SMILES string of the molecule is Cl.Cl.Cn1ccnc1Sc1ccc(N)cc1. The quantitative estimate of drug-likeness (QED) is 0.859. The van der Waals surface area contributed by atoms with Gasteiger partial charge in [-0.05, 0) is 24.3 Å². The van der Waals surface area contributed by atoms with Gasteiger partial charge in [0.1, 0.15) is 0 Å². The van der Waals surface area contributed by atoms with E-state index in [0.717, 1.165) is 15.7 Å². The molecule has 1 aromatic carbocycles. The third kappa shape index (κ3) is 3.63. The van der Waals surface area contributed by atoms with Crippen LogP contribution in [0, 0.1) is 0 Å². The molecule has 0 fully saturated rings. The zero-order valence-corrected chi connectivity index (χ0v) is 11.1. The maximum Gasteiger partial charge on any atom is 0.172 e. The van der Waals surface area contributed by atoms with Crippen LogP contribution >= 0.6 is 36.6 Å². The van der Waals surface area contributed by atoms with E-state index in [1.807, 2.05) is 42.1 Å². The largest absolute Gasteiger partial charge is 0.399 e. The summed E-state index contributed by atoms with van der Waals surface area (Å²) in [7, 11) is 1.98. The van der Waals surface area contributed by atoms with Gasteiger partial charge in [-0.15, -0.1) is 24.8 Å². The average Bonchev–Trinajstić information content (AvgIpc) is 2.56. The number of nitrogens with two attached hydrogens (primary N) is 1. The first-order valence-corrected chi connectivity index (χ1v) is 5.08. The van der Waals surface area contributed by atoms with Gasteiger partial charge in [0.15, 0.2) is 5.16 Å². The molecule has 1 aromatic heterocycles. The maximum absolute atomic E-state index is 5.60. The molecular formula is C10H13Cl2N3S. The van der Waals surface area contributed by atoms with E-state index < -0.39 is 0 Å². The van der Waals surface area contributed by atoms with Crippen LogP contribution in [0.1, 0.15) is 0 Å². The van der Waals surface area contributed by atoms with Crippen molar-refractivity contribution in [2.24, 2.45) is 7.05 Å². The summed E-state index contributed by atoms with van der Waals surface area (Å²) in [6, 6.07) is 7.78. The van der Waals surface area contributed by atoms with Gasteiger partial charge >= 0.3 is 0 Å². The monoisotopic (exact) mass is 277 g/mol. The van der Waals surface area contributed by atoms with Gasteiger partial charge in [0.25, 0.3) is 0 Å². The van der Waals surface area contributed by atoms with Crippen molar-refractivity contribution in [3.8, 4) is 0 Å². The van der Waals surface area contributed by atoms with E-state index >= 15 is 0 Å². The fourth-order valence-corrected chi connectivity index (χ4v) is 1.89. The zero-order chi connectivity index (χ0) is 9.97. The number of benzene rings is 1. The molecule has 0 atom stereocenters. The van der Waals surface area contributed by atoms with Crippen molar-refractivity contribution in [3.05, 3.63) is 36.7 Å². The van der Waals surface area contributed by atoms with Crippen LogP contribution in [0.3, 0.4) is 0 Å². The van der Waals surface area contributed by atoms with Crippen LogP contribution in [0.4, 0.5) is 5.69 Å². The molecule has 0 amide bonds. The second-order valence-corrected chi connectivity index (χ2v) is 4.03. The van der Waals surface area contributed by atoms with E-state index in [9.17, 15) is 0 Å². The van der Waals surface area contributed by atoms with Crippen molar-refractivity contribution in [2.45, 2.75) is 10.1 Å². The first-order chi connectivity index (χ1) is 6.75. The summed E-state index contributed by atoms with van der Waals surface area (Å²) in [5, 5.41) is 0.981. The molecular weight excluding hydrogens is 265 g/mol. The Hall–Kier alpha value is -0.840. The molecule has 0 spiro atoms. The van der Waals surface area contributed by atoms with Crippen LogP contribution in [0.15, 0.2) is 46.7 Å². The minimum absolute atomic E-state index is 0. The number of aromatic nitrogens is 2. The summed E-state index contributed by atoms with van der Waals surface area (Å²) in [5.41, 5.74) is 6.39. The molecule has 3 nitrogen and oxygen atoms in total. The van der Waals surface area contributed by atoms with E-state index in [1.165, 1.54) is 0 Å². The van der Waals surface area contributed by atoms with Crippen molar-refractivity contribution in [2.75, 3.05) is 5.73 Å². The van der Waals surface area contributed by atoms with E-state index in [1.54, 1.807) is 18.0 Å². The van der Waals surface area contributed by atoms with Crippen LogP contribution in [0.25, 0.3) is 0 Å². The van der Waals surface area contributed by atoms with Gasteiger partial charge in [-0.25, -0.2) is 4.98 Å². The Morgan fingerprint density at radius 2 is 1.81 bits per heavy atom. The van der Waals surface area contributed by atoms with Crippen molar-refractivity contribution >= 4 is 42.3 Å². The lowest BCUT2D eigenvalue weighted by atomic mass is 10.3. The highest BCUT2D eigenvalue weighted by Gasteiger charge is 2.01. The van der Waals surface area contributed by atoms with E-state index in [-0.39, 0.29) is 24.8 Å². The molecule has 88 valence electrons. The Balaban J connectivity index is 0.00000112. The van der Waals surface area contributed by atoms with Gasteiger partial charge in [-0.1, -0.05) is 11.8 Å². The Kier molecular flexibility index (Phi) is 6.33. The number of halogens is 2. The van der Waals surface area contributed by atoms with Crippen molar-refractivity contribution in [1.29, 1.82) is 0 Å². The van der Waals surface area contributed by atoms with Crippen LogP contribution in [0.2, 0.25) is 0 Å². The fourth-order valence-electron chi connectivity index (χ4n) is 1.09. The topological polar surface area (TPSA) is 43.8 Å².